The van der Waals surface area contributed by atoms with Gasteiger partial charge in [0.2, 0.25) is 11.8 Å². The first-order valence-electron chi connectivity index (χ1n) is 8.88. The van der Waals surface area contributed by atoms with Crippen LogP contribution in [-0.4, -0.2) is 35.7 Å². The predicted octanol–water partition coefficient (Wildman–Crippen LogP) is 2.99. The molecule has 1 atom stereocenters. The van der Waals surface area contributed by atoms with Crippen molar-refractivity contribution < 1.29 is 23.1 Å². The van der Waals surface area contributed by atoms with E-state index in [1.165, 1.54) is 18.2 Å². The van der Waals surface area contributed by atoms with Crippen molar-refractivity contribution in [3.05, 3.63) is 65.8 Å². The minimum atomic E-state index is -0.568. The van der Waals surface area contributed by atoms with Crippen LogP contribution in [0.15, 0.2) is 52.9 Å². The second-order valence-corrected chi connectivity index (χ2v) is 6.51. The lowest BCUT2D eigenvalue weighted by Gasteiger charge is -2.16. The molecule has 2 heterocycles. The summed E-state index contributed by atoms with van der Waals surface area (Å²) in [5.41, 5.74) is 0.879. The Balaban J connectivity index is 1.44. The Hall–Kier alpha value is -3.75. The normalized spacial score (nSPS) is 16.1. The number of hydrogen-bond acceptors (Lipinski definition) is 6. The number of aromatic nitrogens is 2. The molecular weight excluding hydrogens is 379 g/mol. The highest BCUT2D eigenvalue weighted by Crippen LogP contribution is 2.32. The number of carbonyl (C=O) groups excluding carboxylic acids is 2. The Bertz CT molecular complexity index is 1050. The van der Waals surface area contributed by atoms with Gasteiger partial charge >= 0.3 is 6.01 Å². The number of benzene rings is 2. The third-order valence-corrected chi connectivity index (χ3v) is 4.61. The predicted molar refractivity (Wildman–Crippen MR) is 101 cm³/mol. The van der Waals surface area contributed by atoms with E-state index in [2.05, 4.69) is 15.5 Å². The van der Waals surface area contributed by atoms with Crippen molar-refractivity contribution in [2.24, 2.45) is 0 Å². The molecule has 0 aliphatic carbocycles. The van der Waals surface area contributed by atoms with Crippen molar-refractivity contribution in [1.82, 2.24) is 10.2 Å². The number of carbonyl (C=O) groups is 2. The summed E-state index contributed by atoms with van der Waals surface area (Å²) in [4.78, 5) is 26.2. The number of ether oxygens (including phenoxy) is 1. The summed E-state index contributed by atoms with van der Waals surface area (Å²) >= 11 is 0. The number of hydrogen-bond donors (Lipinski definition) is 1. The molecule has 148 valence electrons. The molecule has 9 heteroatoms. The lowest BCUT2D eigenvalue weighted by molar-refractivity contribution is -0.117. The molecule has 29 heavy (non-hydrogen) atoms. The van der Waals surface area contributed by atoms with Crippen molar-refractivity contribution in [2.75, 3.05) is 23.9 Å². The summed E-state index contributed by atoms with van der Waals surface area (Å²) in [6.45, 7) is 0.380. The summed E-state index contributed by atoms with van der Waals surface area (Å²) in [6.07, 6.45) is 0.214. The summed E-state index contributed by atoms with van der Waals surface area (Å²) in [5, 5.41) is 10.2. The van der Waals surface area contributed by atoms with Gasteiger partial charge in [-0.1, -0.05) is 11.2 Å². The molecule has 2 aromatic carbocycles. The summed E-state index contributed by atoms with van der Waals surface area (Å²) in [5.74, 6) is -0.494. The van der Waals surface area contributed by atoms with Crippen LogP contribution in [0.1, 0.15) is 28.6 Å². The van der Waals surface area contributed by atoms with Gasteiger partial charge in [0.15, 0.2) is 0 Å². The molecule has 1 aromatic heterocycles. The van der Waals surface area contributed by atoms with Crippen molar-refractivity contribution in [3.8, 4) is 5.75 Å². The lowest BCUT2D eigenvalue weighted by atomic mass is 10.1. The van der Waals surface area contributed by atoms with Gasteiger partial charge in [0.1, 0.15) is 11.6 Å². The van der Waals surface area contributed by atoms with Gasteiger partial charge in [-0.3, -0.25) is 14.9 Å². The van der Waals surface area contributed by atoms with Crippen LogP contribution in [0, 0.1) is 5.82 Å². The standard InChI is InChI=1S/C20H17FN4O4/c1-28-16-7-5-15(6-8-16)25-11-13(10-17(25)26)19-23-24-20(29-19)22-18(27)12-3-2-4-14(21)9-12/h2-9,13H,10-11H2,1H3,(H,22,24,27). The third-order valence-electron chi connectivity index (χ3n) is 4.61. The number of halogens is 1. The lowest BCUT2D eigenvalue weighted by Crippen LogP contribution is -2.24. The largest absolute Gasteiger partial charge is 0.497 e. The van der Waals surface area contributed by atoms with Crippen LogP contribution >= 0.6 is 0 Å². The Morgan fingerprint density at radius 1 is 1.24 bits per heavy atom. The molecule has 3 aromatic rings. The minimum absolute atomic E-state index is 0.0660. The molecule has 1 aliphatic heterocycles. The van der Waals surface area contributed by atoms with Crippen LogP contribution in [0.4, 0.5) is 16.1 Å². The molecule has 0 radical (unpaired) electrons. The molecule has 0 saturated carbocycles. The van der Waals surface area contributed by atoms with Gasteiger partial charge in [-0.05, 0) is 42.5 Å². The van der Waals surface area contributed by atoms with Crippen molar-refractivity contribution in [1.29, 1.82) is 0 Å². The van der Waals surface area contributed by atoms with E-state index in [0.29, 0.717) is 12.3 Å². The maximum absolute atomic E-state index is 13.3. The SMILES string of the molecule is COc1ccc(N2CC(c3nnc(NC(=O)c4cccc(F)c4)o3)CC2=O)cc1. The van der Waals surface area contributed by atoms with E-state index in [-0.39, 0.29) is 35.7 Å². The van der Waals surface area contributed by atoms with Gasteiger partial charge in [0, 0.05) is 24.2 Å². The Morgan fingerprint density at radius 3 is 2.76 bits per heavy atom. The van der Waals surface area contributed by atoms with E-state index in [1.54, 1.807) is 36.3 Å². The van der Waals surface area contributed by atoms with E-state index in [1.807, 2.05) is 0 Å². The van der Waals surface area contributed by atoms with Gasteiger partial charge in [0.25, 0.3) is 5.91 Å². The summed E-state index contributed by atoms with van der Waals surface area (Å²) in [6, 6.07) is 12.3. The highest BCUT2D eigenvalue weighted by atomic mass is 19.1. The topological polar surface area (TPSA) is 97.6 Å². The van der Waals surface area contributed by atoms with E-state index in [4.69, 9.17) is 9.15 Å². The van der Waals surface area contributed by atoms with Gasteiger partial charge < -0.3 is 14.1 Å². The van der Waals surface area contributed by atoms with Crippen LogP contribution in [0.3, 0.4) is 0 Å². The summed E-state index contributed by atoms with van der Waals surface area (Å²) in [7, 11) is 1.58. The molecule has 1 unspecified atom stereocenters. The first-order valence-corrected chi connectivity index (χ1v) is 8.88. The Morgan fingerprint density at radius 2 is 2.03 bits per heavy atom. The van der Waals surface area contributed by atoms with Crippen LogP contribution in [0.5, 0.6) is 5.75 Å². The third kappa shape index (κ3) is 3.93. The van der Waals surface area contributed by atoms with Gasteiger partial charge in [0.05, 0.1) is 13.0 Å². The zero-order chi connectivity index (χ0) is 20.4. The van der Waals surface area contributed by atoms with Crippen molar-refractivity contribution in [2.45, 2.75) is 12.3 Å². The van der Waals surface area contributed by atoms with Gasteiger partial charge in [-0.15, -0.1) is 5.10 Å². The molecule has 2 amide bonds. The average Bonchev–Trinajstić information content (AvgIpc) is 3.34. The highest BCUT2D eigenvalue weighted by molar-refractivity contribution is 6.03. The minimum Gasteiger partial charge on any atom is -0.497 e. The average molecular weight is 396 g/mol. The number of amides is 2. The zero-order valence-corrected chi connectivity index (χ0v) is 15.5. The maximum Gasteiger partial charge on any atom is 0.322 e. The number of methoxy groups -OCH3 is 1. The van der Waals surface area contributed by atoms with Crippen LogP contribution < -0.4 is 15.0 Å². The molecule has 1 saturated heterocycles. The zero-order valence-electron chi connectivity index (χ0n) is 15.5. The van der Waals surface area contributed by atoms with E-state index >= 15 is 0 Å². The highest BCUT2D eigenvalue weighted by Gasteiger charge is 2.35. The van der Waals surface area contributed by atoms with Gasteiger partial charge in [-0.25, -0.2) is 4.39 Å². The monoisotopic (exact) mass is 396 g/mol. The number of nitrogens with one attached hydrogen (secondary N) is 1. The molecule has 4 rings (SSSR count). The number of rotatable bonds is 5. The smallest absolute Gasteiger partial charge is 0.322 e. The molecular formula is C20H17FN4O4. The quantitative estimate of drug-likeness (QED) is 0.712. The molecule has 0 bridgehead atoms. The Labute approximate surface area is 165 Å². The Kier molecular flexibility index (Phi) is 4.94. The first-order chi connectivity index (χ1) is 14.0. The molecule has 8 nitrogen and oxygen atoms in total. The fourth-order valence-electron chi connectivity index (χ4n) is 3.13. The van der Waals surface area contributed by atoms with Crippen LogP contribution in [-0.2, 0) is 4.79 Å². The van der Waals surface area contributed by atoms with E-state index < -0.39 is 11.7 Å². The van der Waals surface area contributed by atoms with E-state index in [0.717, 1.165) is 11.8 Å². The second kappa shape index (κ2) is 7.70. The second-order valence-electron chi connectivity index (χ2n) is 6.51. The van der Waals surface area contributed by atoms with Crippen molar-refractivity contribution >= 4 is 23.5 Å². The van der Waals surface area contributed by atoms with E-state index in [9.17, 15) is 14.0 Å². The fourth-order valence-corrected chi connectivity index (χ4v) is 3.13. The molecule has 1 fully saturated rings. The molecule has 0 spiro atoms. The van der Waals surface area contributed by atoms with Crippen LogP contribution in [0.25, 0.3) is 0 Å². The fraction of sp³-hybridized carbons (Fsp3) is 0.200. The van der Waals surface area contributed by atoms with Crippen molar-refractivity contribution in [3.63, 3.8) is 0 Å². The van der Waals surface area contributed by atoms with Crippen LogP contribution in [0.2, 0.25) is 0 Å². The van der Waals surface area contributed by atoms with Gasteiger partial charge in [-0.2, -0.15) is 0 Å². The first kappa shape index (κ1) is 18.6. The number of anilines is 2. The maximum atomic E-state index is 13.3. The molecule has 1 N–H and O–H groups in total. The number of nitrogens with zero attached hydrogens (tertiary/aromatic N) is 3. The molecule has 1 aliphatic rings. The summed E-state index contributed by atoms with van der Waals surface area (Å²) < 4.78 is 23.9.